The smallest absolute Gasteiger partial charge is 0.274 e. The number of aromatic amines is 1. The molecule has 1 aromatic rings. The summed E-state index contributed by atoms with van der Waals surface area (Å²) in [4.78, 5) is 24.6. The third-order valence-electron chi connectivity index (χ3n) is 2.82. The summed E-state index contributed by atoms with van der Waals surface area (Å²) in [6.45, 7) is 1.81. The van der Waals surface area contributed by atoms with E-state index in [2.05, 4.69) is 10.2 Å². The molecule has 18 heavy (non-hydrogen) atoms. The number of carbonyl (C=O) groups is 1. The lowest BCUT2D eigenvalue weighted by Crippen LogP contribution is -2.36. The number of nitrogens with zero attached hydrogens (tertiary/aromatic N) is 2. The van der Waals surface area contributed by atoms with Crippen molar-refractivity contribution in [3.63, 3.8) is 0 Å². The van der Waals surface area contributed by atoms with Crippen molar-refractivity contribution >= 4 is 5.91 Å². The van der Waals surface area contributed by atoms with Gasteiger partial charge in [-0.05, 0) is 18.1 Å². The molecule has 1 aliphatic rings. The van der Waals surface area contributed by atoms with Gasteiger partial charge in [0.1, 0.15) is 5.69 Å². The van der Waals surface area contributed by atoms with Crippen LogP contribution in [-0.2, 0) is 4.74 Å². The molecular weight excluding hydrogens is 234 g/mol. The van der Waals surface area contributed by atoms with Crippen molar-refractivity contribution < 1.29 is 9.53 Å². The van der Waals surface area contributed by atoms with Gasteiger partial charge in [-0.1, -0.05) is 6.08 Å². The summed E-state index contributed by atoms with van der Waals surface area (Å²) in [5.41, 5.74) is 1.15. The van der Waals surface area contributed by atoms with Crippen LogP contribution in [0.3, 0.4) is 0 Å². The highest BCUT2D eigenvalue weighted by Crippen LogP contribution is 2.12. The number of hydrogen-bond acceptors (Lipinski definition) is 4. The van der Waals surface area contributed by atoms with E-state index in [1.165, 1.54) is 17.7 Å². The molecule has 0 aliphatic carbocycles. The van der Waals surface area contributed by atoms with Crippen molar-refractivity contribution in [3.05, 3.63) is 39.8 Å². The van der Waals surface area contributed by atoms with Gasteiger partial charge in [-0.3, -0.25) is 9.59 Å². The Hall–Kier alpha value is -1.95. The van der Waals surface area contributed by atoms with E-state index in [4.69, 9.17) is 4.74 Å². The average Bonchev–Trinajstić information content (AvgIpc) is 2.40. The molecule has 2 heterocycles. The molecule has 1 aliphatic heterocycles. The highest BCUT2D eigenvalue weighted by molar-refractivity contribution is 5.92. The Morgan fingerprint density at radius 3 is 2.94 bits per heavy atom. The minimum absolute atomic E-state index is 0.168. The van der Waals surface area contributed by atoms with Gasteiger partial charge < -0.3 is 9.64 Å². The normalized spacial score (nSPS) is 15.4. The largest absolute Gasteiger partial charge is 0.380 e. The van der Waals surface area contributed by atoms with Gasteiger partial charge in [0.15, 0.2) is 0 Å². The molecule has 1 aromatic heterocycles. The topological polar surface area (TPSA) is 75.3 Å². The van der Waals surface area contributed by atoms with E-state index < -0.39 is 0 Å². The van der Waals surface area contributed by atoms with Gasteiger partial charge in [0.05, 0.1) is 6.61 Å². The molecule has 0 saturated heterocycles. The van der Waals surface area contributed by atoms with Gasteiger partial charge in [0.25, 0.3) is 11.5 Å². The summed E-state index contributed by atoms with van der Waals surface area (Å²) in [5, 5.41) is 6.00. The van der Waals surface area contributed by atoms with Crippen LogP contribution < -0.4 is 5.56 Å². The van der Waals surface area contributed by atoms with Gasteiger partial charge in [0.2, 0.25) is 0 Å². The Morgan fingerprint density at radius 1 is 1.56 bits per heavy atom. The fourth-order valence-electron chi connectivity index (χ4n) is 1.84. The second-order valence-corrected chi connectivity index (χ2v) is 4.10. The van der Waals surface area contributed by atoms with Crippen molar-refractivity contribution in [3.8, 4) is 0 Å². The van der Waals surface area contributed by atoms with Crippen LogP contribution in [-0.4, -0.2) is 47.8 Å². The predicted octanol–water partition coefficient (Wildman–Crippen LogP) is 0.189. The monoisotopic (exact) mass is 249 g/mol. The molecule has 0 spiro atoms. The quantitative estimate of drug-likeness (QED) is 0.776. The number of nitrogens with one attached hydrogen (secondary N) is 1. The van der Waals surface area contributed by atoms with Crippen LogP contribution in [0.4, 0.5) is 0 Å². The first-order chi connectivity index (χ1) is 8.70. The van der Waals surface area contributed by atoms with Gasteiger partial charge >= 0.3 is 0 Å². The van der Waals surface area contributed by atoms with Crippen LogP contribution in [0, 0.1) is 0 Å². The summed E-state index contributed by atoms with van der Waals surface area (Å²) in [6, 6.07) is 2.74. The van der Waals surface area contributed by atoms with E-state index in [9.17, 15) is 9.59 Å². The first kappa shape index (κ1) is 12.5. The number of ether oxygens (including phenoxy) is 1. The predicted molar refractivity (Wildman–Crippen MR) is 65.3 cm³/mol. The fourth-order valence-corrected chi connectivity index (χ4v) is 1.84. The first-order valence-corrected chi connectivity index (χ1v) is 5.72. The Kier molecular flexibility index (Phi) is 3.88. The van der Waals surface area contributed by atoms with E-state index in [-0.39, 0.29) is 17.2 Å². The molecule has 0 fully saturated rings. The van der Waals surface area contributed by atoms with E-state index in [0.29, 0.717) is 19.7 Å². The first-order valence-electron chi connectivity index (χ1n) is 5.72. The molecular formula is C12H15N3O3. The van der Waals surface area contributed by atoms with Crippen molar-refractivity contribution in [2.24, 2.45) is 0 Å². The average molecular weight is 249 g/mol. The molecule has 0 atom stereocenters. The van der Waals surface area contributed by atoms with Gasteiger partial charge in [-0.25, -0.2) is 5.10 Å². The van der Waals surface area contributed by atoms with Crippen LogP contribution in [0.25, 0.3) is 0 Å². The van der Waals surface area contributed by atoms with Crippen LogP contribution in [0.1, 0.15) is 16.9 Å². The lowest BCUT2D eigenvalue weighted by atomic mass is 10.1. The van der Waals surface area contributed by atoms with Crippen molar-refractivity contribution in [1.82, 2.24) is 15.1 Å². The zero-order chi connectivity index (χ0) is 13.0. The molecule has 0 bridgehead atoms. The number of rotatable bonds is 3. The fraction of sp³-hybridized carbons (Fsp3) is 0.417. The number of methoxy groups -OCH3 is 1. The standard InChI is InChI=1S/C12H15N3O3/c1-18-8-9-4-6-15(7-5-9)12(17)10-2-3-11(16)14-13-10/h2-4H,5-8H2,1H3,(H,14,16). The minimum Gasteiger partial charge on any atom is -0.380 e. The van der Waals surface area contributed by atoms with E-state index >= 15 is 0 Å². The van der Waals surface area contributed by atoms with Crippen LogP contribution in [0.2, 0.25) is 0 Å². The maximum absolute atomic E-state index is 12.1. The summed E-state index contributed by atoms with van der Waals surface area (Å²) in [6.07, 6.45) is 2.81. The Balaban J connectivity index is 2.03. The molecule has 1 N–H and O–H groups in total. The van der Waals surface area contributed by atoms with Crippen molar-refractivity contribution in [1.29, 1.82) is 0 Å². The van der Waals surface area contributed by atoms with Crippen LogP contribution in [0.5, 0.6) is 0 Å². The Morgan fingerprint density at radius 2 is 2.39 bits per heavy atom. The molecule has 1 amide bonds. The number of hydrogen-bond donors (Lipinski definition) is 1. The Bertz CT molecular complexity index is 501. The Labute approximate surface area is 104 Å². The summed E-state index contributed by atoms with van der Waals surface area (Å²) >= 11 is 0. The van der Waals surface area contributed by atoms with E-state index in [0.717, 1.165) is 6.42 Å². The molecule has 2 rings (SSSR count). The second-order valence-electron chi connectivity index (χ2n) is 4.10. The maximum atomic E-state index is 12.1. The van der Waals surface area contributed by atoms with Gasteiger partial charge in [0, 0.05) is 26.3 Å². The highest BCUT2D eigenvalue weighted by Gasteiger charge is 2.19. The van der Waals surface area contributed by atoms with Gasteiger partial charge in [-0.2, -0.15) is 5.10 Å². The molecule has 96 valence electrons. The summed E-state index contributed by atoms with van der Waals surface area (Å²) in [5.74, 6) is -0.168. The second kappa shape index (κ2) is 5.59. The third kappa shape index (κ3) is 2.84. The lowest BCUT2D eigenvalue weighted by Gasteiger charge is -2.25. The molecule has 6 heteroatoms. The maximum Gasteiger partial charge on any atom is 0.274 e. The number of H-pyrrole nitrogens is 1. The summed E-state index contributed by atoms with van der Waals surface area (Å²) in [7, 11) is 1.66. The molecule has 0 aromatic carbocycles. The zero-order valence-corrected chi connectivity index (χ0v) is 10.2. The zero-order valence-electron chi connectivity index (χ0n) is 10.2. The third-order valence-corrected chi connectivity index (χ3v) is 2.82. The number of carbonyl (C=O) groups excluding carboxylic acids is 1. The minimum atomic E-state index is -0.313. The lowest BCUT2D eigenvalue weighted by molar-refractivity contribution is 0.0757. The van der Waals surface area contributed by atoms with Gasteiger partial charge in [-0.15, -0.1) is 0 Å². The number of amides is 1. The molecule has 0 radical (unpaired) electrons. The summed E-state index contributed by atoms with van der Waals surface area (Å²) < 4.78 is 5.05. The molecule has 6 nitrogen and oxygen atoms in total. The number of aromatic nitrogens is 2. The SMILES string of the molecule is COCC1=CCN(C(=O)c2ccc(=O)[nH]n2)CC1. The highest BCUT2D eigenvalue weighted by atomic mass is 16.5. The van der Waals surface area contributed by atoms with Crippen LogP contribution in [0.15, 0.2) is 28.6 Å². The van der Waals surface area contributed by atoms with Crippen molar-refractivity contribution in [2.75, 3.05) is 26.8 Å². The van der Waals surface area contributed by atoms with Crippen LogP contribution >= 0.6 is 0 Å². The molecule has 0 saturated carbocycles. The van der Waals surface area contributed by atoms with E-state index in [1.54, 1.807) is 12.0 Å². The van der Waals surface area contributed by atoms with E-state index in [1.807, 2.05) is 6.08 Å². The van der Waals surface area contributed by atoms with Crippen molar-refractivity contribution in [2.45, 2.75) is 6.42 Å². The molecule has 0 unspecified atom stereocenters.